The fraction of sp³-hybridized carbons (Fsp3) is 0.500. The van der Waals surface area contributed by atoms with Crippen molar-refractivity contribution in [2.24, 2.45) is 0 Å². The van der Waals surface area contributed by atoms with Crippen molar-refractivity contribution in [1.29, 1.82) is 0 Å². The maximum atomic E-state index is 5.35. The number of ether oxygens (including phenoxy) is 1. The molecule has 0 bridgehead atoms. The molecule has 1 aliphatic heterocycles. The van der Waals surface area contributed by atoms with Gasteiger partial charge in [-0.05, 0) is 18.9 Å². The number of hydrogen-bond acceptors (Lipinski definition) is 1. The molecule has 0 aliphatic carbocycles. The van der Waals surface area contributed by atoms with E-state index in [9.17, 15) is 0 Å². The van der Waals surface area contributed by atoms with Crippen LogP contribution in [0.2, 0.25) is 0 Å². The second kappa shape index (κ2) is 2.83. The monoisotopic (exact) mass is 124 g/mol. The highest BCUT2D eigenvalue weighted by molar-refractivity contribution is 5.13. The molecule has 0 aromatic rings. The molecule has 9 heavy (non-hydrogen) atoms. The fourth-order valence-electron chi connectivity index (χ4n) is 0.983. The van der Waals surface area contributed by atoms with Crippen molar-refractivity contribution < 1.29 is 4.74 Å². The Labute approximate surface area is 56.0 Å². The molecule has 1 unspecified atom stereocenters. The van der Waals surface area contributed by atoms with Gasteiger partial charge in [0.1, 0.15) is 0 Å². The SMILES string of the molecule is C=CC1OCCC=C1C. The van der Waals surface area contributed by atoms with Gasteiger partial charge in [-0.2, -0.15) is 0 Å². The van der Waals surface area contributed by atoms with Crippen LogP contribution in [0.5, 0.6) is 0 Å². The van der Waals surface area contributed by atoms with Crippen LogP contribution in [0.3, 0.4) is 0 Å². The molecule has 0 saturated carbocycles. The van der Waals surface area contributed by atoms with Gasteiger partial charge < -0.3 is 4.74 Å². The van der Waals surface area contributed by atoms with E-state index in [-0.39, 0.29) is 6.10 Å². The normalized spacial score (nSPS) is 27.2. The number of hydrogen-bond donors (Lipinski definition) is 0. The molecule has 1 aliphatic rings. The third kappa shape index (κ3) is 1.42. The predicted octanol–water partition coefficient (Wildman–Crippen LogP) is 1.91. The van der Waals surface area contributed by atoms with Crippen LogP contribution in [0.15, 0.2) is 24.3 Å². The van der Waals surface area contributed by atoms with Gasteiger partial charge in [-0.3, -0.25) is 0 Å². The summed E-state index contributed by atoms with van der Waals surface area (Å²) in [6.45, 7) is 6.59. The van der Waals surface area contributed by atoms with E-state index in [1.54, 1.807) is 0 Å². The molecule has 0 saturated heterocycles. The zero-order chi connectivity index (χ0) is 6.69. The van der Waals surface area contributed by atoms with E-state index in [2.05, 4.69) is 19.6 Å². The van der Waals surface area contributed by atoms with Crippen LogP contribution < -0.4 is 0 Å². The maximum Gasteiger partial charge on any atom is 0.0961 e. The Morgan fingerprint density at radius 3 is 3.11 bits per heavy atom. The van der Waals surface area contributed by atoms with Gasteiger partial charge in [0.25, 0.3) is 0 Å². The first-order valence-electron chi connectivity index (χ1n) is 3.25. The number of rotatable bonds is 1. The predicted molar refractivity (Wildman–Crippen MR) is 38.3 cm³/mol. The van der Waals surface area contributed by atoms with Gasteiger partial charge in [0.05, 0.1) is 12.7 Å². The van der Waals surface area contributed by atoms with E-state index in [1.807, 2.05) is 6.08 Å². The highest BCUT2D eigenvalue weighted by Gasteiger charge is 2.09. The average Bonchev–Trinajstić information content (AvgIpc) is 1.89. The molecule has 0 fully saturated rings. The van der Waals surface area contributed by atoms with Crippen LogP contribution in [0.25, 0.3) is 0 Å². The van der Waals surface area contributed by atoms with E-state index >= 15 is 0 Å². The zero-order valence-electron chi connectivity index (χ0n) is 5.76. The van der Waals surface area contributed by atoms with Crippen LogP contribution in [-0.2, 0) is 4.74 Å². The van der Waals surface area contributed by atoms with Crippen molar-refractivity contribution in [3.63, 3.8) is 0 Å². The van der Waals surface area contributed by atoms with Gasteiger partial charge in [-0.1, -0.05) is 12.2 Å². The first-order chi connectivity index (χ1) is 4.34. The average molecular weight is 124 g/mol. The molecule has 1 heteroatoms. The van der Waals surface area contributed by atoms with Crippen LogP contribution >= 0.6 is 0 Å². The second-order valence-electron chi connectivity index (χ2n) is 2.26. The third-order valence-electron chi connectivity index (χ3n) is 1.54. The Kier molecular flexibility index (Phi) is 2.06. The molecule has 50 valence electrons. The minimum Gasteiger partial charge on any atom is -0.369 e. The van der Waals surface area contributed by atoms with Gasteiger partial charge in [0.15, 0.2) is 0 Å². The Morgan fingerprint density at radius 1 is 1.89 bits per heavy atom. The van der Waals surface area contributed by atoms with Gasteiger partial charge in [-0.25, -0.2) is 0 Å². The van der Waals surface area contributed by atoms with Crippen LogP contribution in [-0.4, -0.2) is 12.7 Å². The Morgan fingerprint density at radius 2 is 2.67 bits per heavy atom. The largest absolute Gasteiger partial charge is 0.369 e. The van der Waals surface area contributed by atoms with E-state index in [0.717, 1.165) is 13.0 Å². The summed E-state index contributed by atoms with van der Waals surface area (Å²) < 4.78 is 5.35. The minimum absolute atomic E-state index is 0.179. The second-order valence-corrected chi connectivity index (χ2v) is 2.26. The molecule has 1 rings (SSSR count). The minimum atomic E-state index is 0.179. The van der Waals surface area contributed by atoms with Gasteiger partial charge in [0, 0.05) is 0 Å². The summed E-state index contributed by atoms with van der Waals surface area (Å²) >= 11 is 0. The highest BCUT2D eigenvalue weighted by atomic mass is 16.5. The summed E-state index contributed by atoms with van der Waals surface area (Å²) in [7, 11) is 0. The summed E-state index contributed by atoms with van der Waals surface area (Å²) in [4.78, 5) is 0. The molecule has 1 nitrogen and oxygen atoms in total. The molecular formula is C8H12O. The van der Waals surface area contributed by atoms with Crippen molar-refractivity contribution >= 4 is 0 Å². The topological polar surface area (TPSA) is 9.23 Å². The van der Waals surface area contributed by atoms with Gasteiger partial charge >= 0.3 is 0 Å². The lowest BCUT2D eigenvalue weighted by Crippen LogP contribution is -2.15. The first-order valence-corrected chi connectivity index (χ1v) is 3.25. The van der Waals surface area contributed by atoms with Crippen molar-refractivity contribution in [2.45, 2.75) is 19.4 Å². The molecule has 1 heterocycles. The quantitative estimate of drug-likeness (QED) is 0.485. The molecule has 0 N–H and O–H groups in total. The molecular weight excluding hydrogens is 112 g/mol. The zero-order valence-corrected chi connectivity index (χ0v) is 5.76. The lowest BCUT2D eigenvalue weighted by molar-refractivity contribution is 0.102. The standard InChI is InChI=1S/C8H12O/c1-3-8-7(2)5-4-6-9-8/h3,5,8H,1,4,6H2,2H3. The van der Waals surface area contributed by atoms with Crippen molar-refractivity contribution in [1.82, 2.24) is 0 Å². The Balaban J connectivity index is 2.60. The molecule has 0 amide bonds. The lowest BCUT2D eigenvalue weighted by atomic mass is 10.1. The summed E-state index contributed by atoms with van der Waals surface area (Å²) in [5.74, 6) is 0. The highest BCUT2D eigenvalue weighted by Crippen LogP contribution is 2.13. The van der Waals surface area contributed by atoms with E-state index in [1.165, 1.54) is 5.57 Å². The lowest BCUT2D eigenvalue weighted by Gasteiger charge is -2.18. The van der Waals surface area contributed by atoms with Crippen molar-refractivity contribution in [3.8, 4) is 0 Å². The van der Waals surface area contributed by atoms with E-state index in [4.69, 9.17) is 4.74 Å². The summed E-state index contributed by atoms with van der Waals surface area (Å²) in [5.41, 5.74) is 1.29. The fourth-order valence-corrected chi connectivity index (χ4v) is 0.983. The van der Waals surface area contributed by atoms with Crippen LogP contribution in [0.4, 0.5) is 0 Å². The molecule has 0 aromatic heterocycles. The molecule has 1 atom stereocenters. The summed E-state index contributed by atoms with van der Waals surface area (Å²) in [6.07, 6.45) is 5.27. The van der Waals surface area contributed by atoms with Crippen LogP contribution in [0.1, 0.15) is 13.3 Å². The third-order valence-corrected chi connectivity index (χ3v) is 1.54. The van der Waals surface area contributed by atoms with Gasteiger partial charge in [0.2, 0.25) is 0 Å². The maximum absolute atomic E-state index is 5.35. The Hall–Kier alpha value is -0.560. The molecule has 0 aromatic carbocycles. The first kappa shape index (κ1) is 6.56. The summed E-state index contributed by atoms with van der Waals surface area (Å²) in [5, 5.41) is 0. The van der Waals surface area contributed by atoms with Gasteiger partial charge in [-0.15, -0.1) is 6.58 Å². The smallest absolute Gasteiger partial charge is 0.0961 e. The van der Waals surface area contributed by atoms with Crippen molar-refractivity contribution in [3.05, 3.63) is 24.3 Å². The van der Waals surface area contributed by atoms with E-state index in [0.29, 0.717) is 0 Å². The molecule has 0 radical (unpaired) electrons. The van der Waals surface area contributed by atoms with E-state index < -0.39 is 0 Å². The molecule has 0 spiro atoms. The van der Waals surface area contributed by atoms with Crippen molar-refractivity contribution in [2.75, 3.05) is 6.61 Å². The Bertz CT molecular complexity index is 136. The van der Waals surface area contributed by atoms with Crippen LogP contribution in [0, 0.1) is 0 Å². The summed E-state index contributed by atoms with van der Waals surface area (Å²) in [6, 6.07) is 0.